The molecule has 4 unspecified atom stereocenters. The molecule has 0 radical (unpaired) electrons. The minimum atomic E-state index is -0.404. The van der Waals surface area contributed by atoms with E-state index in [1.165, 1.54) is 16.8 Å². The molecule has 5 aromatic rings. The average molecular weight is 530 g/mol. The number of pyridine rings is 1. The summed E-state index contributed by atoms with van der Waals surface area (Å²) >= 11 is 0. The molecule has 0 saturated heterocycles. The van der Waals surface area contributed by atoms with Crippen molar-refractivity contribution in [2.24, 2.45) is 0 Å². The van der Waals surface area contributed by atoms with Gasteiger partial charge in [-0.25, -0.2) is 4.98 Å². The highest BCUT2D eigenvalue weighted by molar-refractivity contribution is 5.81. The number of fused-ring (bicyclic) bond motifs is 7. The molecule has 0 fully saturated rings. The molecule has 4 aromatic carbocycles. The maximum Gasteiger partial charge on any atom is 0.148 e. The first-order chi connectivity index (χ1) is 20.1. The molecule has 0 N–H and O–H groups in total. The summed E-state index contributed by atoms with van der Waals surface area (Å²) in [5.41, 5.74) is 9.14. The summed E-state index contributed by atoms with van der Waals surface area (Å²) in [6.45, 7) is 2.22. The van der Waals surface area contributed by atoms with Crippen LogP contribution in [0.4, 0.5) is 11.4 Å². The predicted octanol–water partition coefficient (Wildman–Crippen LogP) is 8.40. The predicted molar refractivity (Wildman–Crippen MR) is 162 cm³/mol. The molecule has 196 valence electrons. The van der Waals surface area contributed by atoms with Gasteiger partial charge in [0.2, 0.25) is 0 Å². The van der Waals surface area contributed by atoms with Gasteiger partial charge in [-0.1, -0.05) is 72.8 Å². The van der Waals surface area contributed by atoms with E-state index in [4.69, 9.17) is 4.74 Å². The molecule has 1 aliphatic carbocycles. The van der Waals surface area contributed by atoms with Crippen molar-refractivity contribution in [3.63, 3.8) is 0 Å². The number of anilines is 2. The SMILES string of the molecule is CC12C=CC3c4ccccc4N(c4cccc(-c5cccc(-c6cccnc6C#N)c5)c4)C3C1c1ccccc1O2. The van der Waals surface area contributed by atoms with E-state index in [2.05, 4.69) is 126 Å². The fourth-order valence-electron chi connectivity index (χ4n) is 7.20. The molecule has 0 saturated carbocycles. The smallest absolute Gasteiger partial charge is 0.148 e. The Hall–Kier alpha value is -5.14. The van der Waals surface area contributed by atoms with Crippen LogP contribution in [-0.2, 0) is 0 Å². The lowest BCUT2D eigenvalue weighted by molar-refractivity contribution is 0.122. The van der Waals surface area contributed by atoms with E-state index in [1.54, 1.807) is 6.20 Å². The highest BCUT2D eigenvalue weighted by Gasteiger charge is 2.56. The van der Waals surface area contributed by atoms with Crippen LogP contribution >= 0.6 is 0 Å². The van der Waals surface area contributed by atoms with Gasteiger partial charge in [-0.3, -0.25) is 0 Å². The van der Waals surface area contributed by atoms with Gasteiger partial charge in [-0.2, -0.15) is 5.26 Å². The first-order valence-electron chi connectivity index (χ1n) is 14.1. The molecule has 3 aliphatic rings. The van der Waals surface area contributed by atoms with E-state index in [1.807, 2.05) is 18.2 Å². The Kier molecular flexibility index (Phi) is 5.17. The van der Waals surface area contributed by atoms with E-state index < -0.39 is 5.60 Å². The normalized spacial score (nSPS) is 23.1. The van der Waals surface area contributed by atoms with E-state index in [-0.39, 0.29) is 17.9 Å². The van der Waals surface area contributed by atoms with Crippen LogP contribution in [0.2, 0.25) is 0 Å². The molecule has 1 aromatic heterocycles. The molecule has 4 nitrogen and oxygen atoms in total. The summed E-state index contributed by atoms with van der Waals surface area (Å²) in [5.74, 6) is 1.43. The third-order valence-electron chi connectivity index (χ3n) is 8.94. The highest BCUT2D eigenvalue weighted by atomic mass is 16.5. The molecule has 0 spiro atoms. The third kappa shape index (κ3) is 3.56. The van der Waals surface area contributed by atoms with Crippen LogP contribution < -0.4 is 9.64 Å². The largest absolute Gasteiger partial charge is 0.482 e. The number of hydrogen-bond acceptors (Lipinski definition) is 4. The monoisotopic (exact) mass is 529 g/mol. The maximum atomic E-state index is 9.61. The highest BCUT2D eigenvalue weighted by Crippen LogP contribution is 2.59. The number of para-hydroxylation sites is 2. The fourth-order valence-corrected chi connectivity index (χ4v) is 7.20. The van der Waals surface area contributed by atoms with Crippen LogP contribution in [0, 0.1) is 11.3 Å². The first kappa shape index (κ1) is 23.7. The standard InChI is InChI=1S/C37H27N3O/c1-37-19-18-30-29-13-2-4-16-33(29)40(36(30)35(37)31-14-3-5-17-34(31)41-37)27-12-7-10-25(22-27)24-9-6-11-26(21-24)28-15-8-20-39-32(28)23-38/h2-22,30,35-36H,1H3. The van der Waals surface area contributed by atoms with E-state index >= 15 is 0 Å². The topological polar surface area (TPSA) is 49.2 Å². The van der Waals surface area contributed by atoms with Crippen molar-refractivity contribution in [3.05, 3.63) is 144 Å². The van der Waals surface area contributed by atoms with Crippen LogP contribution in [0.1, 0.15) is 35.6 Å². The average Bonchev–Trinajstić information content (AvgIpc) is 3.52. The van der Waals surface area contributed by atoms with E-state index in [9.17, 15) is 5.26 Å². The van der Waals surface area contributed by atoms with Gasteiger partial charge in [-0.05, 0) is 77.7 Å². The minimum absolute atomic E-state index is 0.182. The first-order valence-corrected chi connectivity index (χ1v) is 14.1. The number of nitriles is 1. The van der Waals surface area contributed by atoms with Crippen molar-refractivity contribution in [1.29, 1.82) is 5.26 Å². The Morgan fingerprint density at radius 2 is 1.56 bits per heavy atom. The van der Waals surface area contributed by atoms with Crippen molar-refractivity contribution in [1.82, 2.24) is 4.98 Å². The molecule has 0 bridgehead atoms. The summed E-state index contributed by atoms with van der Waals surface area (Å²) in [4.78, 5) is 6.81. The molecule has 2 aliphatic heterocycles. The van der Waals surface area contributed by atoms with Gasteiger partial charge in [0, 0.05) is 34.6 Å². The lowest BCUT2D eigenvalue weighted by Crippen LogP contribution is -2.48. The number of aromatic nitrogens is 1. The fraction of sp³-hybridized carbons (Fsp3) is 0.135. The zero-order chi connectivity index (χ0) is 27.6. The van der Waals surface area contributed by atoms with Crippen molar-refractivity contribution in [2.45, 2.75) is 30.4 Å². The summed E-state index contributed by atoms with van der Waals surface area (Å²) in [6, 6.07) is 40.8. The van der Waals surface area contributed by atoms with Crippen molar-refractivity contribution >= 4 is 11.4 Å². The summed E-state index contributed by atoms with van der Waals surface area (Å²) < 4.78 is 6.62. The second-order valence-corrected chi connectivity index (χ2v) is 11.2. The second-order valence-electron chi connectivity index (χ2n) is 11.2. The number of nitrogens with zero attached hydrogens (tertiary/aromatic N) is 3. The van der Waals surface area contributed by atoms with Crippen LogP contribution in [0.3, 0.4) is 0 Å². The summed E-state index contributed by atoms with van der Waals surface area (Å²) in [7, 11) is 0. The minimum Gasteiger partial charge on any atom is -0.482 e. The number of ether oxygens (including phenoxy) is 1. The Labute approximate surface area is 239 Å². The van der Waals surface area contributed by atoms with Gasteiger partial charge in [-0.15, -0.1) is 0 Å². The lowest BCUT2D eigenvalue weighted by atomic mass is 9.70. The Morgan fingerprint density at radius 3 is 2.44 bits per heavy atom. The van der Waals surface area contributed by atoms with E-state index in [0.717, 1.165) is 33.7 Å². The molecular weight excluding hydrogens is 502 g/mol. The molecule has 4 heteroatoms. The third-order valence-corrected chi connectivity index (χ3v) is 8.94. The quantitative estimate of drug-likeness (QED) is 0.220. The molecule has 8 rings (SSSR count). The van der Waals surface area contributed by atoms with Crippen LogP contribution in [0.15, 0.2) is 128 Å². The van der Waals surface area contributed by atoms with Crippen LogP contribution in [0.5, 0.6) is 5.75 Å². The summed E-state index contributed by atoms with van der Waals surface area (Å²) in [6.07, 6.45) is 6.31. The number of hydrogen-bond donors (Lipinski definition) is 0. The molecule has 0 amide bonds. The van der Waals surface area contributed by atoms with Gasteiger partial charge in [0.15, 0.2) is 0 Å². The molecular formula is C37H27N3O. The Morgan fingerprint density at radius 1 is 0.805 bits per heavy atom. The zero-order valence-corrected chi connectivity index (χ0v) is 22.6. The van der Waals surface area contributed by atoms with Crippen LogP contribution in [0.25, 0.3) is 22.3 Å². The van der Waals surface area contributed by atoms with Crippen molar-refractivity contribution in [3.8, 4) is 34.1 Å². The zero-order valence-electron chi connectivity index (χ0n) is 22.6. The van der Waals surface area contributed by atoms with Gasteiger partial charge in [0.25, 0.3) is 0 Å². The van der Waals surface area contributed by atoms with Gasteiger partial charge >= 0.3 is 0 Å². The molecule has 3 heterocycles. The second kappa shape index (κ2) is 8.94. The lowest BCUT2D eigenvalue weighted by Gasteiger charge is -2.42. The number of benzene rings is 4. The van der Waals surface area contributed by atoms with E-state index in [0.29, 0.717) is 5.69 Å². The Balaban J connectivity index is 1.26. The van der Waals surface area contributed by atoms with Crippen LogP contribution in [-0.4, -0.2) is 16.6 Å². The maximum absolute atomic E-state index is 9.61. The summed E-state index contributed by atoms with van der Waals surface area (Å²) in [5, 5.41) is 9.61. The van der Waals surface area contributed by atoms with Gasteiger partial charge in [0.05, 0.1) is 12.0 Å². The Bertz CT molecular complexity index is 1900. The number of rotatable bonds is 3. The van der Waals surface area contributed by atoms with Crippen molar-refractivity contribution in [2.75, 3.05) is 4.90 Å². The van der Waals surface area contributed by atoms with Crippen molar-refractivity contribution < 1.29 is 4.74 Å². The molecule has 4 atom stereocenters. The van der Waals surface area contributed by atoms with Gasteiger partial charge < -0.3 is 9.64 Å². The van der Waals surface area contributed by atoms with Gasteiger partial charge in [0.1, 0.15) is 23.1 Å². The molecule has 41 heavy (non-hydrogen) atoms.